The van der Waals surface area contributed by atoms with Crippen LogP contribution in [0.25, 0.3) is 0 Å². The van der Waals surface area contributed by atoms with Crippen molar-refractivity contribution in [1.29, 1.82) is 0 Å². The molecule has 0 spiro atoms. The molecule has 2 aliphatic rings. The number of nitrogens with two attached hydrogens (primary N) is 1. The van der Waals surface area contributed by atoms with Crippen LogP contribution in [0.1, 0.15) is 44.2 Å². The summed E-state index contributed by atoms with van der Waals surface area (Å²) >= 11 is 1.74. The molecule has 3 N–H and O–H groups in total. The number of amides is 1. The number of hydrogen-bond donors (Lipinski definition) is 2. The number of nitrogens with one attached hydrogen (secondary N) is 1. The van der Waals surface area contributed by atoms with Gasteiger partial charge in [-0.1, -0.05) is 6.92 Å². The number of nitrogens with zero attached hydrogens (tertiary/aromatic N) is 1. The molecular formula is C16H25N3OS. The topological polar surface area (TPSA) is 58.4 Å². The number of thiophene rings is 1. The van der Waals surface area contributed by atoms with Crippen LogP contribution in [-0.2, 0) is 4.79 Å². The minimum absolute atomic E-state index is 0.175. The molecule has 0 aromatic carbocycles. The van der Waals surface area contributed by atoms with Crippen LogP contribution in [0.4, 0.5) is 0 Å². The van der Waals surface area contributed by atoms with E-state index >= 15 is 0 Å². The number of likely N-dealkylation sites (tertiary alicyclic amines) is 1. The lowest BCUT2D eigenvalue weighted by molar-refractivity contribution is -0.125. The standard InChI is InChI=1S/C16H25N3OS/c1-2-13(17)16(12-6-8-21-10-12)19-7-5-14-11(9-19)3-4-15(20)18-14/h6,8,10-11,13-14,16H,2-5,7,9,17H2,1H3,(H,18,20). The van der Waals surface area contributed by atoms with Crippen LogP contribution < -0.4 is 11.1 Å². The highest BCUT2D eigenvalue weighted by atomic mass is 32.1. The van der Waals surface area contributed by atoms with Crippen molar-refractivity contribution in [3.8, 4) is 0 Å². The molecule has 2 aliphatic heterocycles. The number of rotatable bonds is 4. The Morgan fingerprint density at radius 3 is 3.10 bits per heavy atom. The summed E-state index contributed by atoms with van der Waals surface area (Å²) in [5, 5.41) is 7.53. The summed E-state index contributed by atoms with van der Waals surface area (Å²) in [6, 6.07) is 3.08. The van der Waals surface area contributed by atoms with Gasteiger partial charge in [0.15, 0.2) is 0 Å². The maximum Gasteiger partial charge on any atom is 0.220 e. The van der Waals surface area contributed by atoms with Gasteiger partial charge in [-0.15, -0.1) is 0 Å². The van der Waals surface area contributed by atoms with Crippen LogP contribution in [0, 0.1) is 5.92 Å². The Morgan fingerprint density at radius 2 is 2.38 bits per heavy atom. The highest BCUT2D eigenvalue weighted by Crippen LogP contribution is 2.33. The molecule has 2 saturated heterocycles. The SMILES string of the molecule is CCC(N)C(c1ccsc1)N1CCC2NC(=O)CCC2C1. The monoisotopic (exact) mass is 307 g/mol. The molecule has 21 heavy (non-hydrogen) atoms. The lowest BCUT2D eigenvalue weighted by Gasteiger charge is -2.45. The van der Waals surface area contributed by atoms with E-state index in [-0.39, 0.29) is 11.9 Å². The van der Waals surface area contributed by atoms with Crippen molar-refractivity contribution in [3.63, 3.8) is 0 Å². The van der Waals surface area contributed by atoms with Crippen LogP contribution in [0.15, 0.2) is 16.8 Å². The average Bonchev–Trinajstić information content (AvgIpc) is 3.01. The Labute approximate surface area is 130 Å². The van der Waals surface area contributed by atoms with Crippen LogP contribution in [0.2, 0.25) is 0 Å². The fraction of sp³-hybridized carbons (Fsp3) is 0.688. The van der Waals surface area contributed by atoms with Gasteiger partial charge in [-0.3, -0.25) is 9.69 Å². The summed E-state index contributed by atoms with van der Waals surface area (Å²) in [6.07, 6.45) is 3.73. The number of piperidine rings is 2. The molecule has 4 atom stereocenters. The number of fused-ring (bicyclic) bond motifs is 1. The smallest absolute Gasteiger partial charge is 0.220 e. The largest absolute Gasteiger partial charge is 0.353 e. The Hall–Kier alpha value is -0.910. The molecule has 0 saturated carbocycles. The number of carbonyl (C=O) groups is 1. The first-order valence-corrected chi connectivity index (χ1v) is 8.94. The molecule has 3 heterocycles. The third-order valence-corrected chi connectivity index (χ3v) is 5.71. The van der Waals surface area contributed by atoms with E-state index in [0.29, 0.717) is 24.4 Å². The van der Waals surface area contributed by atoms with E-state index in [1.807, 2.05) is 0 Å². The van der Waals surface area contributed by atoms with Gasteiger partial charge in [-0.05, 0) is 47.6 Å². The van der Waals surface area contributed by atoms with Crippen LogP contribution in [-0.4, -0.2) is 36.0 Å². The van der Waals surface area contributed by atoms with Gasteiger partial charge in [0.25, 0.3) is 0 Å². The lowest BCUT2D eigenvalue weighted by Crippen LogP contribution is -2.56. The zero-order valence-electron chi connectivity index (χ0n) is 12.6. The second-order valence-electron chi connectivity index (χ2n) is 6.33. The first-order valence-electron chi connectivity index (χ1n) is 8.00. The lowest BCUT2D eigenvalue weighted by atomic mass is 9.83. The zero-order valence-corrected chi connectivity index (χ0v) is 13.4. The Bertz CT molecular complexity index is 476. The molecule has 1 aromatic heterocycles. The third kappa shape index (κ3) is 3.15. The van der Waals surface area contributed by atoms with E-state index in [1.54, 1.807) is 11.3 Å². The molecule has 2 fully saturated rings. The van der Waals surface area contributed by atoms with Gasteiger partial charge < -0.3 is 11.1 Å². The summed E-state index contributed by atoms with van der Waals surface area (Å²) in [5.41, 5.74) is 7.78. The molecule has 5 heteroatoms. The van der Waals surface area contributed by atoms with Gasteiger partial charge in [0, 0.05) is 31.6 Å². The van der Waals surface area contributed by atoms with Gasteiger partial charge in [0.05, 0.1) is 6.04 Å². The fourth-order valence-corrected chi connectivity index (χ4v) is 4.48. The highest BCUT2D eigenvalue weighted by Gasteiger charge is 2.37. The minimum atomic E-state index is 0.175. The normalized spacial score (nSPS) is 29.5. The summed E-state index contributed by atoms with van der Waals surface area (Å²) in [7, 11) is 0. The number of carbonyl (C=O) groups excluding carboxylic acids is 1. The van der Waals surface area contributed by atoms with Gasteiger partial charge in [-0.2, -0.15) is 11.3 Å². The highest BCUT2D eigenvalue weighted by molar-refractivity contribution is 7.07. The Morgan fingerprint density at radius 1 is 1.52 bits per heavy atom. The molecule has 4 unspecified atom stereocenters. The van der Waals surface area contributed by atoms with Crippen molar-refractivity contribution in [2.75, 3.05) is 13.1 Å². The van der Waals surface area contributed by atoms with E-state index in [9.17, 15) is 4.79 Å². The predicted octanol–water partition coefficient (Wildman–Crippen LogP) is 2.13. The van der Waals surface area contributed by atoms with Crippen LogP contribution >= 0.6 is 11.3 Å². The summed E-state index contributed by atoms with van der Waals surface area (Å²) in [4.78, 5) is 14.1. The van der Waals surface area contributed by atoms with Crippen molar-refractivity contribution in [2.45, 2.75) is 50.7 Å². The molecular weight excluding hydrogens is 282 g/mol. The zero-order chi connectivity index (χ0) is 14.8. The molecule has 116 valence electrons. The van der Waals surface area contributed by atoms with E-state index in [0.717, 1.165) is 32.4 Å². The first-order chi connectivity index (χ1) is 10.2. The molecule has 0 bridgehead atoms. The van der Waals surface area contributed by atoms with Crippen molar-refractivity contribution in [1.82, 2.24) is 10.2 Å². The summed E-state index contributed by atoms with van der Waals surface area (Å²) in [5.74, 6) is 0.811. The third-order valence-electron chi connectivity index (χ3n) is 5.01. The average molecular weight is 307 g/mol. The van der Waals surface area contributed by atoms with Gasteiger partial charge >= 0.3 is 0 Å². The van der Waals surface area contributed by atoms with Crippen LogP contribution in [0.3, 0.4) is 0 Å². The first kappa shape index (κ1) is 15.0. The van der Waals surface area contributed by atoms with E-state index < -0.39 is 0 Å². The minimum Gasteiger partial charge on any atom is -0.353 e. The molecule has 4 nitrogen and oxygen atoms in total. The number of hydrogen-bond acceptors (Lipinski definition) is 4. The maximum atomic E-state index is 11.5. The van der Waals surface area contributed by atoms with Gasteiger partial charge in [0.2, 0.25) is 5.91 Å². The molecule has 0 radical (unpaired) electrons. The van der Waals surface area contributed by atoms with Gasteiger partial charge in [0.1, 0.15) is 0 Å². The molecule has 0 aliphatic carbocycles. The fourth-order valence-electron chi connectivity index (χ4n) is 3.79. The van der Waals surface area contributed by atoms with E-state index in [2.05, 4.69) is 34.0 Å². The second kappa shape index (κ2) is 6.46. The molecule has 1 aromatic rings. The quantitative estimate of drug-likeness (QED) is 0.896. The molecule has 1 amide bonds. The van der Waals surface area contributed by atoms with Crippen molar-refractivity contribution >= 4 is 17.2 Å². The van der Waals surface area contributed by atoms with E-state index in [4.69, 9.17) is 5.73 Å². The summed E-state index contributed by atoms with van der Waals surface area (Å²) in [6.45, 7) is 4.24. The summed E-state index contributed by atoms with van der Waals surface area (Å²) < 4.78 is 0. The molecule has 3 rings (SSSR count). The predicted molar refractivity (Wildman–Crippen MR) is 86.2 cm³/mol. The van der Waals surface area contributed by atoms with Gasteiger partial charge in [-0.25, -0.2) is 0 Å². The van der Waals surface area contributed by atoms with Crippen molar-refractivity contribution in [3.05, 3.63) is 22.4 Å². The maximum absolute atomic E-state index is 11.5. The second-order valence-corrected chi connectivity index (χ2v) is 7.11. The van der Waals surface area contributed by atoms with E-state index in [1.165, 1.54) is 5.56 Å². The van der Waals surface area contributed by atoms with Crippen molar-refractivity contribution in [2.24, 2.45) is 11.7 Å². The van der Waals surface area contributed by atoms with Crippen molar-refractivity contribution < 1.29 is 4.79 Å². The Kier molecular flexibility index (Phi) is 4.62. The Balaban J connectivity index is 1.74. The van der Waals surface area contributed by atoms with Crippen LogP contribution in [0.5, 0.6) is 0 Å².